The van der Waals surface area contributed by atoms with Gasteiger partial charge in [0.2, 0.25) is 0 Å². The van der Waals surface area contributed by atoms with E-state index >= 15 is 0 Å². The number of hydrogen-bond donors (Lipinski definition) is 2. The number of nitrogens with zero attached hydrogens (tertiary/aromatic N) is 2. The van der Waals surface area contributed by atoms with E-state index in [0.717, 1.165) is 35.2 Å². The first-order chi connectivity index (χ1) is 15.8. The maximum atomic E-state index is 12.5. The van der Waals surface area contributed by atoms with Gasteiger partial charge in [-0.3, -0.25) is 9.48 Å². The van der Waals surface area contributed by atoms with Crippen molar-refractivity contribution in [2.75, 3.05) is 7.05 Å². The van der Waals surface area contributed by atoms with Crippen LogP contribution in [0.4, 0.5) is 13.2 Å². The number of nitrogens with one attached hydrogen (secondary N) is 2. The molecule has 0 saturated carbocycles. The van der Waals surface area contributed by atoms with Gasteiger partial charge in [0.15, 0.2) is 5.69 Å². The van der Waals surface area contributed by atoms with Gasteiger partial charge >= 0.3 is 6.36 Å². The van der Waals surface area contributed by atoms with Crippen molar-refractivity contribution in [1.29, 1.82) is 0 Å². The number of aromatic nitrogens is 2. The van der Waals surface area contributed by atoms with E-state index in [-0.39, 0.29) is 17.7 Å². The Bertz CT molecular complexity index is 1100. The van der Waals surface area contributed by atoms with Gasteiger partial charge < -0.3 is 15.4 Å². The van der Waals surface area contributed by atoms with E-state index < -0.39 is 6.36 Å². The molecule has 1 atom stereocenters. The highest BCUT2D eigenvalue weighted by Gasteiger charge is 2.31. The Morgan fingerprint density at radius 2 is 1.85 bits per heavy atom. The van der Waals surface area contributed by atoms with Crippen LogP contribution in [-0.4, -0.2) is 35.1 Å². The van der Waals surface area contributed by atoms with Crippen LogP contribution < -0.4 is 15.4 Å². The normalized spacial score (nSPS) is 15.7. The fraction of sp³-hybridized carbons (Fsp3) is 0.333. The number of halogens is 3. The number of alkyl halides is 3. The third-order valence-corrected chi connectivity index (χ3v) is 5.72. The Hall–Kier alpha value is -3.33. The van der Waals surface area contributed by atoms with E-state index in [1.54, 1.807) is 19.2 Å². The van der Waals surface area contributed by atoms with Crippen LogP contribution in [0.15, 0.2) is 54.6 Å². The minimum absolute atomic E-state index is 0.126. The monoisotopic (exact) mass is 458 g/mol. The molecule has 0 aliphatic heterocycles. The lowest BCUT2D eigenvalue weighted by Gasteiger charge is -2.25. The minimum atomic E-state index is -4.70. The van der Waals surface area contributed by atoms with Gasteiger partial charge in [0, 0.05) is 30.9 Å². The lowest BCUT2D eigenvalue weighted by molar-refractivity contribution is -0.274. The highest BCUT2D eigenvalue weighted by molar-refractivity contribution is 5.93. The first kappa shape index (κ1) is 22.8. The van der Waals surface area contributed by atoms with Gasteiger partial charge in [0.1, 0.15) is 5.75 Å². The van der Waals surface area contributed by atoms with E-state index in [1.165, 1.54) is 12.1 Å². The number of benzene rings is 2. The summed E-state index contributed by atoms with van der Waals surface area (Å²) in [6.45, 7) is 1.10. The SMILES string of the molecule is CNC(=O)c1nn(Cc2ccccc2)c2c1C[C@@H](NCc1ccc(OC(F)(F)F)cc1)CC2. The molecule has 1 aliphatic carbocycles. The molecule has 0 spiro atoms. The molecule has 0 saturated heterocycles. The molecule has 2 N–H and O–H groups in total. The predicted octanol–water partition coefficient (Wildman–Crippen LogP) is 3.84. The van der Waals surface area contributed by atoms with Crippen LogP contribution in [0.3, 0.4) is 0 Å². The van der Waals surface area contributed by atoms with E-state index in [0.29, 0.717) is 25.2 Å². The van der Waals surface area contributed by atoms with Crippen LogP contribution in [0.5, 0.6) is 5.75 Å². The molecule has 4 rings (SSSR count). The number of ether oxygens (including phenoxy) is 1. The van der Waals surface area contributed by atoms with Gasteiger partial charge in [-0.1, -0.05) is 42.5 Å². The Morgan fingerprint density at radius 3 is 2.52 bits per heavy atom. The lowest BCUT2D eigenvalue weighted by Crippen LogP contribution is -2.35. The molecule has 1 amide bonds. The average Bonchev–Trinajstić information content (AvgIpc) is 3.15. The summed E-state index contributed by atoms with van der Waals surface area (Å²) in [6, 6.07) is 15.9. The molecule has 1 aromatic heterocycles. The zero-order valence-corrected chi connectivity index (χ0v) is 18.2. The molecular weight excluding hydrogens is 433 g/mol. The largest absolute Gasteiger partial charge is 0.573 e. The number of carbonyl (C=O) groups excluding carboxylic acids is 1. The molecule has 2 aromatic carbocycles. The summed E-state index contributed by atoms with van der Waals surface area (Å²) in [5.74, 6) is -0.450. The van der Waals surface area contributed by atoms with Gasteiger partial charge in [-0.15, -0.1) is 13.2 Å². The summed E-state index contributed by atoms with van der Waals surface area (Å²) < 4.78 is 42.8. The van der Waals surface area contributed by atoms with Gasteiger partial charge in [-0.05, 0) is 42.5 Å². The summed E-state index contributed by atoms with van der Waals surface area (Å²) in [7, 11) is 1.59. The van der Waals surface area contributed by atoms with Crippen LogP contribution >= 0.6 is 0 Å². The van der Waals surface area contributed by atoms with Gasteiger partial charge in [0.25, 0.3) is 5.91 Å². The highest BCUT2D eigenvalue weighted by Crippen LogP contribution is 2.27. The van der Waals surface area contributed by atoms with Crippen molar-refractivity contribution in [3.8, 4) is 5.75 Å². The van der Waals surface area contributed by atoms with E-state index in [9.17, 15) is 18.0 Å². The van der Waals surface area contributed by atoms with Crippen molar-refractivity contribution in [2.24, 2.45) is 0 Å². The Balaban J connectivity index is 1.44. The second-order valence-electron chi connectivity index (χ2n) is 8.01. The predicted molar refractivity (Wildman–Crippen MR) is 117 cm³/mol. The molecule has 9 heteroatoms. The van der Waals surface area contributed by atoms with E-state index in [1.807, 2.05) is 35.0 Å². The first-order valence-corrected chi connectivity index (χ1v) is 10.7. The first-order valence-electron chi connectivity index (χ1n) is 10.7. The average molecular weight is 458 g/mol. The molecule has 6 nitrogen and oxygen atoms in total. The standard InChI is InChI=1S/C24H25F3N4O2/c1-28-23(32)22-20-13-18(29-14-16-7-10-19(11-8-16)33-24(25,26)27)9-12-21(20)31(30-22)15-17-5-3-2-4-6-17/h2-8,10-11,18,29H,9,12-15H2,1H3,(H,28,32)/t18-/m0/s1. The number of carbonyl (C=O) groups is 1. The summed E-state index contributed by atoms with van der Waals surface area (Å²) in [4.78, 5) is 12.5. The molecular formula is C24H25F3N4O2. The van der Waals surface area contributed by atoms with Crippen molar-refractivity contribution in [3.05, 3.63) is 82.7 Å². The Morgan fingerprint density at radius 1 is 1.12 bits per heavy atom. The molecule has 0 bridgehead atoms. The number of hydrogen-bond acceptors (Lipinski definition) is 4. The summed E-state index contributed by atoms with van der Waals surface area (Å²) in [5, 5.41) is 10.8. The number of rotatable bonds is 7. The maximum absolute atomic E-state index is 12.5. The quantitative estimate of drug-likeness (QED) is 0.565. The zero-order chi connectivity index (χ0) is 23.4. The van der Waals surface area contributed by atoms with Crippen molar-refractivity contribution >= 4 is 5.91 Å². The third-order valence-electron chi connectivity index (χ3n) is 5.72. The summed E-state index contributed by atoms with van der Waals surface area (Å²) in [6.07, 6.45) is -2.40. The van der Waals surface area contributed by atoms with Gasteiger partial charge in [-0.2, -0.15) is 5.10 Å². The van der Waals surface area contributed by atoms with Crippen molar-refractivity contribution in [3.63, 3.8) is 0 Å². The maximum Gasteiger partial charge on any atom is 0.573 e. The van der Waals surface area contributed by atoms with Crippen LogP contribution in [0, 0.1) is 0 Å². The van der Waals surface area contributed by atoms with Crippen LogP contribution in [0.25, 0.3) is 0 Å². The second kappa shape index (κ2) is 9.66. The molecule has 1 aliphatic rings. The van der Waals surface area contributed by atoms with Crippen molar-refractivity contribution in [1.82, 2.24) is 20.4 Å². The Labute approximate surface area is 189 Å². The molecule has 33 heavy (non-hydrogen) atoms. The number of amides is 1. The van der Waals surface area contributed by atoms with Gasteiger partial charge in [0.05, 0.1) is 6.54 Å². The van der Waals surface area contributed by atoms with Crippen LogP contribution in [0.1, 0.15) is 39.3 Å². The van der Waals surface area contributed by atoms with Crippen molar-refractivity contribution in [2.45, 2.75) is 44.8 Å². The topological polar surface area (TPSA) is 68.2 Å². The fourth-order valence-electron chi connectivity index (χ4n) is 4.12. The molecule has 0 radical (unpaired) electrons. The van der Waals surface area contributed by atoms with Crippen LogP contribution in [-0.2, 0) is 25.9 Å². The van der Waals surface area contributed by atoms with Crippen molar-refractivity contribution < 1.29 is 22.7 Å². The molecule has 1 heterocycles. The second-order valence-corrected chi connectivity index (χ2v) is 8.01. The van der Waals surface area contributed by atoms with Gasteiger partial charge in [-0.25, -0.2) is 0 Å². The molecule has 174 valence electrons. The smallest absolute Gasteiger partial charge is 0.406 e. The van der Waals surface area contributed by atoms with E-state index in [4.69, 9.17) is 0 Å². The number of fused-ring (bicyclic) bond motifs is 1. The third kappa shape index (κ3) is 5.73. The lowest BCUT2D eigenvalue weighted by atomic mass is 9.91. The molecule has 0 unspecified atom stereocenters. The molecule has 3 aromatic rings. The summed E-state index contributed by atoms with van der Waals surface area (Å²) in [5.41, 5.74) is 4.43. The minimum Gasteiger partial charge on any atom is -0.406 e. The zero-order valence-electron chi connectivity index (χ0n) is 18.2. The molecule has 0 fully saturated rings. The summed E-state index contributed by atoms with van der Waals surface area (Å²) >= 11 is 0. The Kier molecular flexibility index (Phi) is 6.69. The highest BCUT2D eigenvalue weighted by atomic mass is 19.4. The fourth-order valence-corrected chi connectivity index (χ4v) is 4.12. The van der Waals surface area contributed by atoms with E-state index in [2.05, 4.69) is 20.5 Å². The van der Waals surface area contributed by atoms with Crippen LogP contribution in [0.2, 0.25) is 0 Å².